The number of hydrogen-bond acceptors (Lipinski definition) is 2. The van der Waals surface area contributed by atoms with Crippen molar-refractivity contribution in [2.75, 3.05) is 12.3 Å². The van der Waals surface area contributed by atoms with Crippen molar-refractivity contribution in [1.82, 2.24) is 4.90 Å². The molecule has 0 unspecified atom stereocenters. The second-order valence-electron chi connectivity index (χ2n) is 2.84. The SMILES string of the molecule is CCCN(C(=O)CS)C(C)C. The summed E-state index contributed by atoms with van der Waals surface area (Å²) in [5, 5.41) is 0. The third-order valence-corrected chi connectivity index (χ3v) is 1.81. The lowest BCUT2D eigenvalue weighted by molar-refractivity contribution is -0.130. The van der Waals surface area contributed by atoms with Crippen LogP contribution in [-0.4, -0.2) is 29.1 Å². The van der Waals surface area contributed by atoms with E-state index in [1.165, 1.54) is 0 Å². The third-order valence-electron chi connectivity index (χ3n) is 1.54. The molecule has 0 aliphatic carbocycles. The fourth-order valence-corrected chi connectivity index (χ4v) is 1.18. The summed E-state index contributed by atoms with van der Waals surface area (Å²) >= 11 is 3.95. The molecule has 0 aromatic carbocycles. The van der Waals surface area contributed by atoms with Crippen LogP contribution in [0.5, 0.6) is 0 Å². The highest BCUT2D eigenvalue weighted by molar-refractivity contribution is 7.81. The Morgan fingerprint density at radius 2 is 2.09 bits per heavy atom. The molecule has 1 amide bonds. The van der Waals surface area contributed by atoms with E-state index in [-0.39, 0.29) is 5.91 Å². The maximum Gasteiger partial charge on any atom is 0.232 e. The van der Waals surface area contributed by atoms with Gasteiger partial charge in [0.05, 0.1) is 5.75 Å². The molecule has 0 aromatic rings. The van der Waals surface area contributed by atoms with E-state index in [0.29, 0.717) is 11.8 Å². The molecule has 0 rings (SSSR count). The van der Waals surface area contributed by atoms with Gasteiger partial charge in [-0.15, -0.1) is 0 Å². The Kier molecular flexibility index (Phi) is 5.38. The van der Waals surface area contributed by atoms with Crippen LogP contribution in [0.1, 0.15) is 27.2 Å². The molecule has 0 saturated carbocycles. The van der Waals surface area contributed by atoms with Crippen LogP contribution < -0.4 is 0 Å². The van der Waals surface area contributed by atoms with Gasteiger partial charge in [0.1, 0.15) is 0 Å². The largest absolute Gasteiger partial charge is 0.340 e. The van der Waals surface area contributed by atoms with Gasteiger partial charge in [0.15, 0.2) is 0 Å². The fraction of sp³-hybridized carbons (Fsp3) is 0.875. The van der Waals surface area contributed by atoms with Gasteiger partial charge in [0.25, 0.3) is 0 Å². The molecule has 0 saturated heterocycles. The topological polar surface area (TPSA) is 20.3 Å². The van der Waals surface area contributed by atoms with Crippen molar-refractivity contribution in [3.05, 3.63) is 0 Å². The minimum atomic E-state index is 0.130. The van der Waals surface area contributed by atoms with Gasteiger partial charge in [0.2, 0.25) is 5.91 Å². The molecule has 3 heteroatoms. The molecule has 0 aliphatic rings. The molecule has 2 nitrogen and oxygen atoms in total. The van der Waals surface area contributed by atoms with Crippen molar-refractivity contribution in [2.45, 2.75) is 33.2 Å². The van der Waals surface area contributed by atoms with Crippen molar-refractivity contribution in [3.63, 3.8) is 0 Å². The molecule has 0 spiro atoms. The first-order chi connectivity index (χ1) is 5.13. The number of thiol groups is 1. The lowest BCUT2D eigenvalue weighted by Crippen LogP contribution is -2.38. The minimum Gasteiger partial charge on any atom is -0.340 e. The Morgan fingerprint density at radius 1 is 1.55 bits per heavy atom. The van der Waals surface area contributed by atoms with Crippen molar-refractivity contribution in [2.24, 2.45) is 0 Å². The summed E-state index contributed by atoms with van der Waals surface area (Å²) in [5.74, 6) is 0.447. The van der Waals surface area contributed by atoms with Crippen LogP contribution in [0.25, 0.3) is 0 Å². The van der Waals surface area contributed by atoms with Crippen LogP contribution in [0, 0.1) is 0 Å². The first-order valence-corrected chi connectivity index (χ1v) is 4.67. The van der Waals surface area contributed by atoms with Crippen LogP contribution >= 0.6 is 12.6 Å². The average molecular weight is 175 g/mol. The molecule has 0 radical (unpaired) electrons. The molecule has 0 atom stereocenters. The molecule has 0 aliphatic heterocycles. The lowest BCUT2D eigenvalue weighted by Gasteiger charge is -2.25. The van der Waals surface area contributed by atoms with Crippen molar-refractivity contribution < 1.29 is 4.79 Å². The van der Waals surface area contributed by atoms with E-state index >= 15 is 0 Å². The first kappa shape index (κ1) is 10.8. The smallest absolute Gasteiger partial charge is 0.232 e. The predicted molar refractivity (Wildman–Crippen MR) is 51.0 cm³/mol. The summed E-state index contributed by atoms with van der Waals surface area (Å²) in [6.45, 7) is 6.96. The van der Waals surface area contributed by atoms with Gasteiger partial charge in [-0.25, -0.2) is 0 Å². The summed E-state index contributed by atoms with van der Waals surface area (Å²) in [7, 11) is 0. The van der Waals surface area contributed by atoms with Crippen molar-refractivity contribution >= 4 is 18.5 Å². The van der Waals surface area contributed by atoms with Gasteiger partial charge < -0.3 is 4.90 Å². The van der Waals surface area contributed by atoms with E-state index in [1.54, 1.807) is 0 Å². The van der Waals surface area contributed by atoms with Crippen molar-refractivity contribution in [3.8, 4) is 0 Å². The molecule has 66 valence electrons. The van der Waals surface area contributed by atoms with Gasteiger partial charge >= 0.3 is 0 Å². The number of carbonyl (C=O) groups excluding carboxylic acids is 1. The van der Waals surface area contributed by atoms with E-state index in [4.69, 9.17) is 0 Å². The molecule has 0 fully saturated rings. The first-order valence-electron chi connectivity index (χ1n) is 4.03. The number of carbonyl (C=O) groups is 1. The number of amides is 1. The molecule has 0 aromatic heterocycles. The van der Waals surface area contributed by atoms with Crippen LogP contribution in [-0.2, 0) is 4.79 Å². The quantitative estimate of drug-likeness (QED) is 0.643. The number of rotatable bonds is 4. The van der Waals surface area contributed by atoms with Crippen LogP contribution in [0.3, 0.4) is 0 Å². The Morgan fingerprint density at radius 3 is 2.36 bits per heavy atom. The maximum absolute atomic E-state index is 11.2. The number of nitrogens with zero attached hydrogens (tertiary/aromatic N) is 1. The zero-order chi connectivity index (χ0) is 8.85. The summed E-state index contributed by atoms with van der Waals surface area (Å²) in [6.07, 6.45) is 1.01. The van der Waals surface area contributed by atoms with Crippen LogP contribution in [0.4, 0.5) is 0 Å². The highest BCUT2D eigenvalue weighted by Crippen LogP contribution is 2.00. The second kappa shape index (κ2) is 5.47. The minimum absolute atomic E-state index is 0.130. The standard InChI is InChI=1S/C8H17NOS/c1-4-5-9(7(2)3)8(10)6-11/h7,11H,4-6H2,1-3H3. The maximum atomic E-state index is 11.2. The van der Waals surface area contributed by atoms with E-state index in [9.17, 15) is 4.79 Å². The van der Waals surface area contributed by atoms with Crippen LogP contribution in [0.15, 0.2) is 0 Å². The highest BCUT2D eigenvalue weighted by Gasteiger charge is 2.13. The summed E-state index contributed by atoms with van der Waals surface area (Å²) in [6, 6.07) is 0.301. The van der Waals surface area contributed by atoms with E-state index in [2.05, 4.69) is 19.6 Å². The van der Waals surface area contributed by atoms with E-state index in [0.717, 1.165) is 13.0 Å². The Bertz CT molecular complexity index is 125. The van der Waals surface area contributed by atoms with Gasteiger partial charge in [-0.1, -0.05) is 6.92 Å². The Labute approximate surface area is 74.4 Å². The number of hydrogen-bond donors (Lipinski definition) is 1. The van der Waals surface area contributed by atoms with E-state index < -0.39 is 0 Å². The van der Waals surface area contributed by atoms with Gasteiger partial charge in [0, 0.05) is 12.6 Å². The fourth-order valence-electron chi connectivity index (χ4n) is 1.00. The monoisotopic (exact) mass is 175 g/mol. The molecule has 0 N–H and O–H groups in total. The van der Waals surface area contributed by atoms with Gasteiger partial charge in [-0.3, -0.25) is 4.79 Å². The molecular weight excluding hydrogens is 158 g/mol. The van der Waals surface area contributed by atoms with E-state index in [1.807, 2.05) is 18.7 Å². The average Bonchev–Trinajstić information content (AvgIpc) is 1.98. The predicted octanol–water partition coefficient (Wildman–Crippen LogP) is 1.56. The highest BCUT2D eigenvalue weighted by atomic mass is 32.1. The Hall–Kier alpha value is -0.180. The van der Waals surface area contributed by atoms with Gasteiger partial charge in [-0.2, -0.15) is 12.6 Å². The molecule has 0 heterocycles. The van der Waals surface area contributed by atoms with Gasteiger partial charge in [-0.05, 0) is 20.3 Å². The lowest BCUT2D eigenvalue weighted by atomic mass is 10.3. The molecule has 11 heavy (non-hydrogen) atoms. The normalized spacial score (nSPS) is 10.3. The third kappa shape index (κ3) is 3.65. The zero-order valence-electron chi connectivity index (χ0n) is 7.50. The summed E-state index contributed by atoms with van der Waals surface area (Å²) < 4.78 is 0. The second-order valence-corrected chi connectivity index (χ2v) is 3.16. The summed E-state index contributed by atoms with van der Waals surface area (Å²) in [4.78, 5) is 13.0. The van der Waals surface area contributed by atoms with Crippen LogP contribution in [0.2, 0.25) is 0 Å². The van der Waals surface area contributed by atoms with Crippen molar-refractivity contribution in [1.29, 1.82) is 0 Å². The molecule has 0 bridgehead atoms. The molecular formula is C8H17NOS. The zero-order valence-corrected chi connectivity index (χ0v) is 8.40. The Balaban J connectivity index is 3.98. The summed E-state index contributed by atoms with van der Waals surface area (Å²) in [5.41, 5.74) is 0.